The number of carbonyl (C=O) groups is 1. The molecule has 0 heterocycles. The third-order valence-electron chi connectivity index (χ3n) is 10.8. The first-order chi connectivity index (χ1) is 29.7. The van der Waals surface area contributed by atoms with Gasteiger partial charge >= 0.3 is 0 Å². The summed E-state index contributed by atoms with van der Waals surface area (Å²) in [6.07, 6.45) is 76.4. The van der Waals surface area contributed by atoms with Gasteiger partial charge in [-0.2, -0.15) is 0 Å². The Balaban J connectivity index is 3.66. The van der Waals surface area contributed by atoms with Crippen molar-refractivity contribution in [2.75, 3.05) is 6.61 Å². The highest BCUT2D eigenvalue weighted by Crippen LogP contribution is 2.14. The zero-order chi connectivity index (χ0) is 43.5. The van der Waals surface area contributed by atoms with Crippen LogP contribution in [0.3, 0.4) is 0 Å². The number of carbonyl (C=O) groups excluding carboxylic acids is 1. The number of aliphatic hydroxyl groups excluding tert-OH is 2. The first-order valence-corrected chi connectivity index (χ1v) is 25.1. The summed E-state index contributed by atoms with van der Waals surface area (Å²) in [6, 6.07) is -0.638. The average molecular weight is 830 g/mol. The van der Waals surface area contributed by atoms with E-state index in [4.69, 9.17) is 0 Å². The van der Waals surface area contributed by atoms with Crippen LogP contribution in [0.15, 0.2) is 109 Å². The molecule has 1 amide bonds. The number of rotatable bonds is 44. The van der Waals surface area contributed by atoms with Gasteiger partial charge in [0.25, 0.3) is 0 Å². The molecule has 0 aromatic rings. The molecule has 0 aliphatic carbocycles. The predicted molar refractivity (Wildman–Crippen MR) is 266 cm³/mol. The lowest BCUT2D eigenvalue weighted by Crippen LogP contribution is -2.45. The molecular weight excluding hydrogens is 735 g/mol. The van der Waals surface area contributed by atoms with E-state index in [0.717, 1.165) is 89.9 Å². The Morgan fingerprint density at radius 2 is 0.733 bits per heavy atom. The van der Waals surface area contributed by atoms with Crippen LogP contribution in [0.2, 0.25) is 0 Å². The molecule has 2 unspecified atom stereocenters. The molecule has 0 aromatic carbocycles. The van der Waals surface area contributed by atoms with Crippen LogP contribution >= 0.6 is 0 Å². The third kappa shape index (κ3) is 46.1. The van der Waals surface area contributed by atoms with E-state index in [2.05, 4.69) is 116 Å². The standard InChI is InChI=1S/C56H95NO3/c1-3-5-7-9-11-13-15-17-19-21-22-23-24-25-26-27-28-29-30-31-32-33-34-36-38-40-42-44-46-48-50-52-56(60)57-54(53-58)55(59)51-49-47-45-43-41-39-37-35-20-18-16-14-12-10-8-6-4-2/h5,7,11,13,17,19,22-23,25-26,28-29,31-32,34,36,49,51,54-55,58-59H,3-4,6,8-10,12,14-16,18,20-21,24,27,30,33,35,37-48,50,52-53H2,1-2H3,(H,57,60)/b7-5-,13-11-,19-17-,23-22-,26-25-,29-28-,32-31-,36-34-,51-49+. The first-order valence-electron chi connectivity index (χ1n) is 25.1. The van der Waals surface area contributed by atoms with Crippen LogP contribution in [-0.4, -0.2) is 34.9 Å². The largest absolute Gasteiger partial charge is 0.394 e. The van der Waals surface area contributed by atoms with Crippen LogP contribution in [0.1, 0.15) is 219 Å². The fourth-order valence-corrected chi connectivity index (χ4v) is 6.96. The van der Waals surface area contributed by atoms with Crippen LogP contribution in [-0.2, 0) is 4.79 Å². The van der Waals surface area contributed by atoms with E-state index < -0.39 is 12.1 Å². The predicted octanol–water partition coefficient (Wildman–Crippen LogP) is 16.4. The lowest BCUT2D eigenvalue weighted by molar-refractivity contribution is -0.123. The summed E-state index contributed by atoms with van der Waals surface area (Å²) in [5.41, 5.74) is 0. The molecule has 0 rings (SSSR count). The molecule has 0 saturated carbocycles. The Hall–Kier alpha value is -2.95. The maximum Gasteiger partial charge on any atom is 0.220 e. The molecule has 0 spiro atoms. The zero-order valence-corrected chi connectivity index (χ0v) is 39.2. The number of hydrogen-bond acceptors (Lipinski definition) is 3. The number of aliphatic hydroxyl groups is 2. The average Bonchev–Trinajstić information content (AvgIpc) is 3.25. The Morgan fingerprint density at radius 3 is 1.10 bits per heavy atom. The second-order valence-corrected chi connectivity index (χ2v) is 16.5. The molecule has 0 saturated heterocycles. The molecule has 0 radical (unpaired) electrons. The highest BCUT2D eigenvalue weighted by molar-refractivity contribution is 5.76. The van der Waals surface area contributed by atoms with Crippen molar-refractivity contribution < 1.29 is 15.0 Å². The smallest absolute Gasteiger partial charge is 0.220 e. The minimum absolute atomic E-state index is 0.0829. The molecular formula is C56H95NO3. The van der Waals surface area contributed by atoms with Gasteiger partial charge < -0.3 is 15.5 Å². The highest BCUT2D eigenvalue weighted by atomic mass is 16.3. The number of nitrogens with one attached hydrogen (secondary N) is 1. The summed E-state index contributed by atoms with van der Waals surface area (Å²) in [6.45, 7) is 4.18. The van der Waals surface area contributed by atoms with Crippen LogP contribution in [0.25, 0.3) is 0 Å². The van der Waals surface area contributed by atoms with Gasteiger partial charge in [0.15, 0.2) is 0 Å². The second kappa shape index (κ2) is 50.4. The van der Waals surface area contributed by atoms with Crippen molar-refractivity contribution in [1.82, 2.24) is 5.32 Å². The summed E-state index contributed by atoms with van der Waals surface area (Å²) < 4.78 is 0. The SMILES string of the molecule is CC/C=C\C/C=C\C/C=C\C/C=C\C/C=C\C/C=C\C/C=C\C/C=C\CCCCCCCCC(=O)NC(CO)C(O)/C=C/CCCCCCCCCCCCCCCCC. The fourth-order valence-electron chi connectivity index (χ4n) is 6.96. The Bertz CT molecular complexity index is 1170. The van der Waals surface area contributed by atoms with E-state index in [0.29, 0.717) is 6.42 Å². The van der Waals surface area contributed by atoms with Gasteiger partial charge in [-0.25, -0.2) is 0 Å². The van der Waals surface area contributed by atoms with E-state index >= 15 is 0 Å². The molecule has 4 nitrogen and oxygen atoms in total. The maximum atomic E-state index is 12.4. The third-order valence-corrected chi connectivity index (χ3v) is 10.8. The van der Waals surface area contributed by atoms with Gasteiger partial charge in [-0.15, -0.1) is 0 Å². The lowest BCUT2D eigenvalue weighted by atomic mass is 10.0. The summed E-state index contributed by atoms with van der Waals surface area (Å²) in [5, 5.41) is 23.1. The van der Waals surface area contributed by atoms with Crippen molar-refractivity contribution in [3.8, 4) is 0 Å². The van der Waals surface area contributed by atoms with Crippen molar-refractivity contribution in [3.63, 3.8) is 0 Å². The monoisotopic (exact) mass is 830 g/mol. The molecule has 4 heteroatoms. The normalized spacial score (nSPS) is 13.9. The van der Waals surface area contributed by atoms with Crippen molar-refractivity contribution in [2.24, 2.45) is 0 Å². The molecule has 3 N–H and O–H groups in total. The Labute approximate surface area is 372 Å². The topological polar surface area (TPSA) is 69.6 Å². The summed E-state index contributed by atoms with van der Waals surface area (Å²) >= 11 is 0. The van der Waals surface area contributed by atoms with Crippen LogP contribution in [0, 0.1) is 0 Å². The van der Waals surface area contributed by atoms with E-state index in [1.165, 1.54) is 109 Å². The van der Waals surface area contributed by atoms with Gasteiger partial charge in [-0.1, -0.05) is 239 Å². The quantitative estimate of drug-likeness (QED) is 0.0423. The van der Waals surface area contributed by atoms with E-state index in [1.54, 1.807) is 6.08 Å². The fraction of sp³-hybridized carbons (Fsp3) is 0.661. The minimum atomic E-state index is -0.853. The summed E-state index contributed by atoms with van der Waals surface area (Å²) in [5.74, 6) is -0.0829. The van der Waals surface area contributed by atoms with Gasteiger partial charge in [0.2, 0.25) is 5.91 Å². The molecule has 0 fully saturated rings. The number of hydrogen-bond donors (Lipinski definition) is 3. The second-order valence-electron chi connectivity index (χ2n) is 16.5. The molecule has 0 aromatic heterocycles. The van der Waals surface area contributed by atoms with Gasteiger partial charge in [-0.05, 0) is 83.5 Å². The number of unbranched alkanes of at least 4 members (excludes halogenated alkanes) is 21. The molecule has 2 atom stereocenters. The number of allylic oxidation sites excluding steroid dienone is 17. The Kier molecular flexibility index (Phi) is 47.9. The van der Waals surface area contributed by atoms with Gasteiger partial charge in [0.1, 0.15) is 0 Å². The van der Waals surface area contributed by atoms with Crippen LogP contribution < -0.4 is 5.32 Å². The molecule has 0 aliphatic heterocycles. The van der Waals surface area contributed by atoms with Crippen molar-refractivity contribution in [3.05, 3.63) is 109 Å². The van der Waals surface area contributed by atoms with Gasteiger partial charge in [0, 0.05) is 6.42 Å². The summed E-state index contributed by atoms with van der Waals surface area (Å²) in [7, 11) is 0. The van der Waals surface area contributed by atoms with Crippen molar-refractivity contribution >= 4 is 5.91 Å². The van der Waals surface area contributed by atoms with Gasteiger partial charge in [-0.3, -0.25) is 4.79 Å². The highest BCUT2D eigenvalue weighted by Gasteiger charge is 2.17. The Morgan fingerprint density at radius 1 is 0.417 bits per heavy atom. The van der Waals surface area contributed by atoms with Crippen LogP contribution in [0.4, 0.5) is 0 Å². The molecule has 342 valence electrons. The van der Waals surface area contributed by atoms with Crippen molar-refractivity contribution in [1.29, 1.82) is 0 Å². The molecule has 0 bridgehead atoms. The first kappa shape index (κ1) is 57.1. The lowest BCUT2D eigenvalue weighted by Gasteiger charge is -2.20. The molecule has 60 heavy (non-hydrogen) atoms. The van der Waals surface area contributed by atoms with Crippen molar-refractivity contribution in [2.45, 2.75) is 231 Å². The van der Waals surface area contributed by atoms with E-state index in [-0.39, 0.29) is 12.5 Å². The van der Waals surface area contributed by atoms with E-state index in [9.17, 15) is 15.0 Å². The summed E-state index contributed by atoms with van der Waals surface area (Å²) in [4.78, 5) is 12.4. The van der Waals surface area contributed by atoms with E-state index in [1.807, 2.05) is 6.08 Å². The minimum Gasteiger partial charge on any atom is -0.394 e. The zero-order valence-electron chi connectivity index (χ0n) is 39.2. The number of amides is 1. The van der Waals surface area contributed by atoms with Crippen LogP contribution in [0.5, 0.6) is 0 Å². The molecule has 0 aliphatic rings. The maximum absolute atomic E-state index is 12.4. The van der Waals surface area contributed by atoms with Gasteiger partial charge in [0.05, 0.1) is 18.8 Å².